The van der Waals surface area contributed by atoms with Gasteiger partial charge in [-0.3, -0.25) is 9.48 Å². The highest BCUT2D eigenvalue weighted by molar-refractivity contribution is 6.37. The fraction of sp³-hybridized carbons (Fsp3) is 0.120. The van der Waals surface area contributed by atoms with Crippen molar-refractivity contribution in [2.45, 2.75) is 12.7 Å². The largest absolute Gasteiger partial charge is 0.497 e. The standard InChI is InChI=1S/C25H17Cl2F3N6O2/c1-38-18-7-3-5-15(9-18)19-10-20(25(28,29)30)36-23(33-19)21(27)22(34-36)24(37)32-17-6-2-4-14(8-17)12-35-13-16(26)11-31-35/h2-11,13H,12H2,1H3,(H,32,37). The van der Waals surface area contributed by atoms with E-state index in [4.69, 9.17) is 27.9 Å². The molecule has 0 aliphatic heterocycles. The van der Waals surface area contributed by atoms with Crippen LogP contribution in [0.15, 0.2) is 67.0 Å². The van der Waals surface area contributed by atoms with Crippen LogP contribution in [0.4, 0.5) is 18.9 Å². The second kappa shape index (κ2) is 9.99. The molecular formula is C25H17Cl2F3N6O2. The summed E-state index contributed by atoms with van der Waals surface area (Å²) in [6, 6.07) is 14.1. The molecule has 0 atom stereocenters. The number of carbonyl (C=O) groups excluding carboxylic acids is 1. The molecule has 0 aliphatic carbocycles. The lowest BCUT2D eigenvalue weighted by molar-refractivity contribution is -0.142. The van der Waals surface area contributed by atoms with Crippen LogP contribution in [0.5, 0.6) is 5.75 Å². The van der Waals surface area contributed by atoms with E-state index in [1.165, 1.54) is 13.3 Å². The van der Waals surface area contributed by atoms with Gasteiger partial charge in [-0.2, -0.15) is 23.4 Å². The normalized spacial score (nSPS) is 11.6. The van der Waals surface area contributed by atoms with Crippen LogP contribution in [0.25, 0.3) is 16.9 Å². The molecule has 5 aromatic rings. The second-order valence-corrected chi connectivity index (χ2v) is 8.98. The summed E-state index contributed by atoms with van der Waals surface area (Å²) < 4.78 is 49.3. The van der Waals surface area contributed by atoms with Gasteiger partial charge < -0.3 is 10.1 Å². The van der Waals surface area contributed by atoms with Crippen LogP contribution in [0.2, 0.25) is 10.0 Å². The molecule has 2 aromatic carbocycles. The maximum absolute atomic E-state index is 14.0. The van der Waals surface area contributed by atoms with E-state index in [1.807, 2.05) is 6.07 Å². The zero-order valence-corrected chi connectivity index (χ0v) is 21.0. The lowest BCUT2D eigenvalue weighted by Gasteiger charge is -2.11. The summed E-state index contributed by atoms with van der Waals surface area (Å²) in [6.07, 6.45) is -1.66. The van der Waals surface area contributed by atoms with Crippen molar-refractivity contribution >= 4 is 40.4 Å². The first-order valence-electron chi connectivity index (χ1n) is 11.0. The van der Waals surface area contributed by atoms with Crippen molar-refractivity contribution in [3.8, 4) is 17.0 Å². The van der Waals surface area contributed by atoms with Crippen LogP contribution >= 0.6 is 23.2 Å². The first-order chi connectivity index (χ1) is 18.1. The van der Waals surface area contributed by atoms with Gasteiger partial charge in [0.15, 0.2) is 17.0 Å². The average Bonchev–Trinajstić information content (AvgIpc) is 3.45. The number of nitrogens with zero attached hydrogens (tertiary/aromatic N) is 5. The Hall–Kier alpha value is -4.09. The van der Waals surface area contributed by atoms with Gasteiger partial charge in [-0.1, -0.05) is 47.5 Å². The van der Waals surface area contributed by atoms with Crippen LogP contribution in [-0.2, 0) is 12.7 Å². The van der Waals surface area contributed by atoms with E-state index in [1.54, 1.807) is 53.3 Å². The molecule has 1 amide bonds. The highest BCUT2D eigenvalue weighted by Gasteiger charge is 2.36. The molecule has 5 rings (SSSR count). The summed E-state index contributed by atoms with van der Waals surface area (Å²) >= 11 is 12.3. The minimum Gasteiger partial charge on any atom is -0.497 e. The van der Waals surface area contributed by atoms with Crippen molar-refractivity contribution < 1.29 is 22.7 Å². The summed E-state index contributed by atoms with van der Waals surface area (Å²) in [6.45, 7) is 0.386. The smallest absolute Gasteiger partial charge is 0.433 e. The lowest BCUT2D eigenvalue weighted by Crippen LogP contribution is -2.16. The summed E-state index contributed by atoms with van der Waals surface area (Å²) in [7, 11) is 1.44. The third-order valence-corrected chi connectivity index (χ3v) is 6.08. The Balaban J connectivity index is 1.50. The fourth-order valence-corrected chi connectivity index (χ4v) is 4.22. The number of fused-ring (bicyclic) bond motifs is 1. The predicted molar refractivity (Wildman–Crippen MR) is 136 cm³/mol. The maximum Gasteiger partial charge on any atom is 0.433 e. The van der Waals surface area contributed by atoms with Crippen molar-refractivity contribution in [3.05, 3.63) is 94.0 Å². The van der Waals surface area contributed by atoms with E-state index in [0.29, 0.717) is 33.1 Å². The summed E-state index contributed by atoms with van der Waals surface area (Å²) in [5.41, 5.74) is -0.306. The quantitative estimate of drug-likeness (QED) is 0.266. The summed E-state index contributed by atoms with van der Waals surface area (Å²) in [5, 5.41) is 10.8. The topological polar surface area (TPSA) is 86.3 Å². The molecule has 1 N–H and O–H groups in total. The van der Waals surface area contributed by atoms with E-state index in [2.05, 4.69) is 20.5 Å². The zero-order chi connectivity index (χ0) is 27.0. The molecule has 0 saturated heterocycles. The number of rotatable bonds is 6. The number of hydrogen-bond donors (Lipinski definition) is 1. The number of hydrogen-bond acceptors (Lipinski definition) is 5. The van der Waals surface area contributed by atoms with Crippen molar-refractivity contribution in [3.63, 3.8) is 0 Å². The fourth-order valence-electron chi connectivity index (χ4n) is 3.82. The van der Waals surface area contributed by atoms with Gasteiger partial charge in [-0.15, -0.1) is 0 Å². The lowest BCUT2D eigenvalue weighted by atomic mass is 10.1. The Labute approximate surface area is 223 Å². The molecule has 0 bridgehead atoms. The van der Waals surface area contributed by atoms with Crippen LogP contribution in [-0.4, -0.2) is 37.4 Å². The number of anilines is 1. The second-order valence-electron chi connectivity index (χ2n) is 8.16. The van der Waals surface area contributed by atoms with E-state index in [-0.39, 0.29) is 16.4 Å². The highest BCUT2D eigenvalue weighted by atomic mass is 35.5. The number of carbonyl (C=O) groups is 1. The molecule has 0 saturated carbocycles. The Morgan fingerprint density at radius 3 is 2.61 bits per heavy atom. The molecule has 3 aromatic heterocycles. The van der Waals surface area contributed by atoms with Gasteiger partial charge >= 0.3 is 6.18 Å². The monoisotopic (exact) mass is 560 g/mol. The third-order valence-electron chi connectivity index (χ3n) is 5.53. The highest BCUT2D eigenvalue weighted by Crippen LogP contribution is 2.35. The predicted octanol–water partition coefficient (Wildman–Crippen LogP) is 6.23. The number of amides is 1. The molecule has 0 fully saturated rings. The van der Waals surface area contributed by atoms with E-state index >= 15 is 0 Å². The van der Waals surface area contributed by atoms with Gasteiger partial charge in [0.05, 0.1) is 30.6 Å². The van der Waals surface area contributed by atoms with Crippen LogP contribution in [0.3, 0.4) is 0 Å². The molecule has 0 aliphatic rings. The number of alkyl halides is 3. The van der Waals surface area contributed by atoms with Gasteiger partial charge in [0.1, 0.15) is 10.8 Å². The van der Waals surface area contributed by atoms with Crippen LogP contribution < -0.4 is 10.1 Å². The molecule has 0 radical (unpaired) electrons. The molecule has 8 nitrogen and oxygen atoms in total. The third kappa shape index (κ3) is 5.15. The number of aromatic nitrogens is 5. The van der Waals surface area contributed by atoms with E-state index in [9.17, 15) is 18.0 Å². The molecule has 3 heterocycles. The molecule has 194 valence electrons. The van der Waals surface area contributed by atoms with Crippen molar-refractivity contribution in [1.82, 2.24) is 24.4 Å². The Kier molecular flexibility index (Phi) is 6.72. The van der Waals surface area contributed by atoms with Crippen molar-refractivity contribution in [1.29, 1.82) is 0 Å². The molecule has 13 heteroatoms. The molecule has 0 unspecified atom stereocenters. The Morgan fingerprint density at radius 2 is 1.89 bits per heavy atom. The van der Waals surface area contributed by atoms with Gasteiger partial charge in [-0.25, -0.2) is 9.50 Å². The summed E-state index contributed by atoms with van der Waals surface area (Å²) in [4.78, 5) is 17.3. The zero-order valence-electron chi connectivity index (χ0n) is 19.5. The first-order valence-corrected chi connectivity index (χ1v) is 11.8. The Bertz CT molecular complexity index is 1660. The Morgan fingerprint density at radius 1 is 1.11 bits per heavy atom. The molecule has 0 spiro atoms. The first kappa shape index (κ1) is 25.6. The number of ether oxygens (including phenoxy) is 1. The van der Waals surface area contributed by atoms with Gasteiger partial charge in [-0.05, 0) is 35.9 Å². The van der Waals surface area contributed by atoms with Crippen molar-refractivity contribution in [2.75, 3.05) is 12.4 Å². The van der Waals surface area contributed by atoms with Gasteiger partial charge in [0.25, 0.3) is 5.91 Å². The average molecular weight is 561 g/mol. The van der Waals surface area contributed by atoms with Crippen LogP contribution in [0, 0.1) is 0 Å². The minimum atomic E-state index is -4.80. The van der Waals surface area contributed by atoms with Crippen molar-refractivity contribution in [2.24, 2.45) is 0 Å². The number of methoxy groups -OCH3 is 1. The SMILES string of the molecule is COc1cccc(-c2cc(C(F)(F)F)n3nc(C(=O)Nc4cccc(Cn5cc(Cl)cn5)c4)c(Cl)c3n2)c1. The van der Waals surface area contributed by atoms with E-state index < -0.39 is 23.5 Å². The summed E-state index contributed by atoms with van der Waals surface area (Å²) in [5.74, 6) is -0.355. The van der Waals surface area contributed by atoms with Crippen LogP contribution in [0.1, 0.15) is 21.7 Å². The van der Waals surface area contributed by atoms with Gasteiger partial charge in [0.2, 0.25) is 0 Å². The molecular weight excluding hydrogens is 544 g/mol. The maximum atomic E-state index is 14.0. The number of halogens is 5. The number of benzene rings is 2. The van der Waals surface area contributed by atoms with Gasteiger partial charge in [0, 0.05) is 17.4 Å². The number of nitrogens with one attached hydrogen (secondary N) is 1. The minimum absolute atomic E-state index is 0.0103. The van der Waals surface area contributed by atoms with E-state index in [0.717, 1.165) is 11.6 Å². The molecule has 38 heavy (non-hydrogen) atoms.